The molecule has 2 nitrogen and oxygen atoms in total. The number of anilines is 1. The molecule has 0 saturated carbocycles. The first-order valence-electron chi connectivity index (χ1n) is 5.91. The number of carbonyl (C=O) groups is 1. The second kappa shape index (κ2) is 6.42. The summed E-state index contributed by atoms with van der Waals surface area (Å²) in [5.74, 6) is -1.38. The number of rotatable bonds is 2. The molecule has 2 aromatic carbocycles. The van der Waals surface area contributed by atoms with Crippen LogP contribution in [0.1, 0.15) is 15.9 Å². The molecule has 8 heteroatoms. The molecule has 0 aliphatic carbocycles. The predicted octanol–water partition coefficient (Wildman–Crippen LogP) is 3.12. The van der Waals surface area contributed by atoms with E-state index in [1.54, 1.807) is 0 Å². The van der Waals surface area contributed by atoms with Crippen molar-refractivity contribution in [3.8, 4) is 0 Å². The van der Waals surface area contributed by atoms with Crippen LogP contribution in [0.25, 0.3) is 0 Å². The number of hydrogen-bond acceptors (Lipinski definition) is 1. The van der Waals surface area contributed by atoms with Crippen molar-refractivity contribution in [2.75, 3.05) is 5.32 Å². The summed E-state index contributed by atoms with van der Waals surface area (Å²) in [5.41, 5.74) is -1.25. The monoisotopic (exact) mass is 437 g/mol. The summed E-state index contributed by atoms with van der Waals surface area (Å²) in [7, 11) is 0. The maximum absolute atomic E-state index is 13.0. The molecule has 0 aliphatic rings. The van der Waals surface area contributed by atoms with Gasteiger partial charge >= 0.3 is 140 Å². The van der Waals surface area contributed by atoms with E-state index < -0.39 is 29.0 Å². The van der Waals surface area contributed by atoms with E-state index in [1.807, 2.05) is 0 Å². The Balaban J connectivity index is 2.39. The number of nitrogens with one attached hydrogen (secondary N) is 1. The van der Waals surface area contributed by atoms with Crippen molar-refractivity contribution >= 4 is 48.7 Å². The van der Waals surface area contributed by atoms with Gasteiger partial charge < -0.3 is 0 Å². The van der Waals surface area contributed by atoms with Crippen molar-refractivity contribution in [2.45, 2.75) is 6.18 Å². The van der Waals surface area contributed by atoms with Gasteiger partial charge in [-0.15, -0.1) is 0 Å². The van der Waals surface area contributed by atoms with Crippen LogP contribution in [0.15, 0.2) is 40.9 Å². The van der Waals surface area contributed by atoms with Crippen LogP contribution in [0.4, 0.5) is 23.2 Å². The summed E-state index contributed by atoms with van der Waals surface area (Å²) >= 11 is 4.10. The van der Waals surface area contributed by atoms with Gasteiger partial charge in [-0.2, -0.15) is 0 Å². The molecule has 0 heterocycles. The van der Waals surface area contributed by atoms with Crippen LogP contribution >= 0.6 is 15.9 Å². The first-order chi connectivity index (χ1) is 10.2. The average Bonchev–Trinajstić information content (AvgIpc) is 2.40. The van der Waals surface area contributed by atoms with Crippen LogP contribution in [-0.2, 0) is 6.18 Å². The van der Waals surface area contributed by atoms with Gasteiger partial charge in [-0.05, 0) is 0 Å². The zero-order valence-electron chi connectivity index (χ0n) is 10.8. The molecule has 0 bridgehead atoms. The van der Waals surface area contributed by atoms with Crippen molar-refractivity contribution in [2.24, 2.45) is 0 Å². The summed E-state index contributed by atoms with van der Waals surface area (Å²) in [6, 6.07) is 6.80. The molecule has 1 amide bonds. The van der Waals surface area contributed by atoms with Gasteiger partial charge in [0.15, 0.2) is 0 Å². The van der Waals surface area contributed by atoms with Crippen molar-refractivity contribution < 1.29 is 22.4 Å². The molecule has 1 N–H and O–H groups in total. The molecule has 0 saturated heterocycles. The second-order valence-electron chi connectivity index (χ2n) is 4.37. The molecule has 1 atom stereocenters. The Labute approximate surface area is 140 Å². The topological polar surface area (TPSA) is 29.1 Å². The van der Waals surface area contributed by atoms with E-state index in [0.29, 0.717) is 8.82 Å². The maximum atomic E-state index is 13.0. The van der Waals surface area contributed by atoms with Gasteiger partial charge in [-0.25, -0.2) is 0 Å². The average molecular weight is 438 g/mol. The van der Waals surface area contributed by atoms with Gasteiger partial charge in [0.1, 0.15) is 0 Å². The van der Waals surface area contributed by atoms with Gasteiger partial charge in [0.2, 0.25) is 0 Å². The summed E-state index contributed by atoms with van der Waals surface area (Å²) in [6.45, 7) is 0. The second-order valence-corrected chi connectivity index (χ2v) is 6.59. The van der Waals surface area contributed by atoms with Crippen LogP contribution in [0.5, 0.6) is 0 Å². The molecular formula is C14H9AsBrF4NO. The number of halogens is 5. The zero-order valence-corrected chi connectivity index (χ0v) is 14.8. The number of carbonyl (C=O) groups excluding carboxylic acids is 1. The van der Waals surface area contributed by atoms with Gasteiger partial charge in [0.05, 0.1) is 0 Å². The van der Waals surface area contributed by atoms with Crippen LogP contribution in [0.2, 0.25) is 0 Å². The SMILES string of the molecule is O=C(Nc1ccc(F)cc1[AsH2])c1cc(Br)ccc1C(F)(F)F. The number of alkyl halides is 3. The summed E-state index contributed by atoms with van der Waals surface area (Å²) < 4.78 is 52.8. The number of benzene rings is 2. The molecule has 2 aromatic rings. The van der Waals surface area contributed by atoms with Gasteiger partial charge in [0.25, 0.3) is 0 Å². The van der Waals surface area contributed by atoms with Crippen LogP contribution < -0.4 is 9.67 Å². The van der Waals surface area contributed by atoms with Crippen LogP contribution in [0.3, 0.4) is 0 Å². The molecule has 0 aliphatic heterocycles. The fraction of sp³-hybridized carbons (Fsp3) is 0.0714. The normalized spacial score (nSPS) is 11.4. The Morgan fingerprint density at radius 2 is 1.82 bits per heavy atom. The third kappa shape index (κ3) is 3.90. The van der Waals surface area contributed by atoms with Gasteiger partial charge in [-0.1, -0.05) is 0 Å². The fourth-order valence-corrected chi connectivity index (χ4v) is 2.84. The van der Waals surface area contributed by atoms with E-state index in [4.69, 9.17) is 0 Å². The quantitative estimate of drug-likeness (QED) is 0.567. The van der Waals surface area contributed by atoms with E-state index in [-0.39, 0.29) is 5.69 Å². The zero-order chi connectivity index (χ0) is 16.5. The molecule has 0 spiro atoms. The molecule has 2 rings (SSSR count). The summed E-state index contributed by atoms with van der Waals surface area (Å²) in [4.78, 5) is 12.2. The van der Waals surface area contributed by atoms with E-state index >= 15 is 0 Å². The Hall–Kier alpha value is -1.33. The number of hydrogen-bond donors (Lipinski definition) is 1. The van der Waals surface area contributed by atoms with Crippen molar-refractivity contribution in [1.82, 2.24) is 0 Å². The van der Waals surface area contributed by atoms with Gasteiger partial charge in [-0.3, -0.25) is 0 Å². The molecular weight excluding hydrogens is 429 g/mol. The molecule has 22 heavy (non-hydrogen) atoms. The molecule has 116 valence electrons. The predicted molar refractivity (Wildman–Crippen MR) is 81.7 cm³/mol. The third-order valence-electron chi connectivity index (χ3n) is 2.79. The Kier molecular flexibility index (Phi) is 4.97. The van der Waals surface area contributed by atoms with E-state index in [2.05, 4.69) is 21.2 Å². The Bertz CT molecular complexity index is 733. The Morgan fingerprint density at radius 3 is 2.41 bits per heavy atom. The molecule has 0 radical (unpaired) electrons. The summed E-state index contributed by atoms with van der Waals surface area (Å²) in [5, 5.41) is 2.38. The van der Waals surface area contributed by atoms with Crippen LogP contribution in [0, 0.1) is 5.82 Å². The third-order valence-corrected chi connectivity index (χ3v) is 4.29. The number of amides is 1. The minimum absolute atomic E-state index is 0.277. The first kappa shape index (κ1) is 17.0. The molecule has 0 fully saturated rings. The van der Waals surface area contributed by atoms with Crippen molar-refractivity contribution in [3.63, 3.8) is 0 Å². The van der Waals surface area contributed by atoms with Crippen LogP contribution in [-0.4, -0.2) is 22.8 Å². The van der Waals surface area contributed by atoms with Crippen molar-refractivity contribution in [3.05, 3.63) is 57.8 Å². The van der Waals surface area contributed by atoms with Gasteiger partial charge in [0, 0.05) is 0 Å². The fourth-order valence-electron chi connectivity index (χ4n) is 1.79. The molecule has 0 aromatic heterocycles. The summed E-state index contributed by atoms with van der Waals surface area (Å²) in [6.07, 6.45) is -4.64. The van der Waals surface area contributed by atoms with Crippen molar-refractivity contribution in [1.29, 1.82) is 0 Å². The molecule has 1 unspecified atom stereocenters. The minimum atomic E-state index is -4.64. The first-order valence-corrected chi connectivity index (χ1v) is 7.92. The van der Waals surface area contributed by atoms with E-state index in [1.165, 1.54) is 18.2 Å². The Morgan fingerprint density at radius 1 is 1.14 bits per heavy atom. The van der Waals surface area contributed by atoms with E-state index in [9.17, 15) is 22.4 Å². The van der Waals surface area contributed by atoms with E-state index in [0.717, 1.165) is 35.1 Å². The standard InChI is InChI=1S/C14H9AsBrF4NO/c15-11-6-8(17)2-4-12(11)21-13(22)9-5-7(16)1-3-10(9)14(18,19)20/h1-6H,15H2,(H,21,22).